The van der Waals surface area contributed by atoms with Gasteiger partial charge in [-0.3, -0.25) is 19.2 Å². The molecule has 0 heterocycles. The largest absolute Gasteiger partial charge is 0.481 e. The zero-order chi connectivity index (χ0) is 19.3. The average molecular weight is 378 g/mol. The van der Waals surface area contributed by atoms with E-state index in [1.165, 1.54) is 0 Å². The lowest BCUT2D eigenvalue weighted by Crippen LogP contribution is -2.51. The Morgan fingerprint density at radius 2 is 0.778 bits per heavy atom. The summed E-state index contributed by atoms with van der Waals surface area (Å²) in [6, 6.07) is 0. The number of hydrogen-bond donors (Lipinski definition) is 2. The lowest BCUT2D eigenvalue weighted by atomic mass is 9.58. The number of carbonyl (C=O) groups is 4. The molecule has 27 heavy (non-hydrogen) atoms. The van der Waals surface area contributed by atoms with Crippen LogP contribution < -0.4 is 0 Å². The molecule has 2 N–H and O–H groups in total. The van der Waals surface area contributed by atoms with Crippen LogP contribution in [0.15, 0.2) is 0 Å². The van der Waals surface area contributed by atoms with Crippen molar-refractivity contribution < 1.29 is 34.1 Å². The molecule has 4 atom stereocenters. The van der Waals surface area contributed by atoms with E-state index in [0.717, 1.165) is 51.4 Å². The number of carbonyl (C=O) groups excluding carboxylic acids is 2. The Balaban J connectivity index is 1.51. The molecule has 6 saturated carbocycles. The van der Waals surface area contributed by atoms with Gasteiger partial charge in [-0.1, -0.05) is 0 Å². The quantitative estimate of drug-likeness (QED) is 0.569. The molecule has 7 heteroatoms. The van der Waals surface area contributed by atoms with Gasteiger partial charge in [0.15, 0.2) is 0 Å². The fourth-order valence-electron chi connectivity index (χ4n) is 6.52. The normalized spacial score (nSPS) is 42.5. The van der Waals surface area contributed by atoms with Gasteiger partial charge < -0.3 is 14.9 Å². The summed E-state index contributed by atoms with van der Waals surface area (Å²) in [5.74, 6) is -6.89. The van der Waals surface area contributed by atoms with E-state index in [0.29, 0.717) is 0 Å². The van der Waals surface area contributed by atoms with E-state index in [1.54, 1.807) is 0 Å². The van der Waals surface area contributed by atoms with Crippen LogP contribution in [-0.4, -0.2) is 34.1 Å². The summed E-state index contributed by atoms with van der Waals surface area (Å²) in [7, 11) is 0. The van der Waals surface area contributed by atoms with Crippen LogP contribution in [0.25, 0.3) is 0 Å². The predicted molar refractivity (Wildman–Crippen MR) is 91.2 cm³/mol. The highest BCUT2D eigenvalue weighted by atomic mass is 16.6. The number of carboxylic acid groups (broad SMARTS) is 2. The van der Waals surface area contributed by atoms with Gasteiger partial charge in [0.2, 0.25) is 0 Å². The fraction of sp³-hybridized carbons (Fsp3) is 0.800. The molecule has 0 aliphatic heterocycles. The number of carboxylic acids is 2. The van der Waals surface area contributed by atoms with Crippen molar-refractivity contribution in [2.45, 2.75) is 51.4 Å². The van der Waals surface area contributed by atoms with Gasteiger partial charge in [-0.15, -0.1) is 0 Å². The van der Waals surface area contributed by atoms with Gasteiger partial charge >= 0.3 is 23.9 Å². The first kappa shape index (κ1) is 18.4. The molecular weight excluding hydrogens is 352 g/mol. The van der Waals surface area contributed by atoms with Gasteiger partial charge in [0.1, 0.15) is 0 Å². The van der Waals surface area contributed by atoms with Crippen molar-refractivity contribution in [3.05, 3.63) is 0 Å². The Hall–Kier alpha value is -1.92. The van der Waals surface area contributed by atoms with Crippen LogP contribution in [0.2, 0.25) is 0 Å². The van der Waals surface area contributed by atoms with Gasteiger partial charge in [0.05, 0.1) is 23.7 Å². The van der Waals surface area contributed by atoms with E-state index in [2.05, 4.69) is 0 Å². The summed E-state index contributed by atoms with van der Waals surface area (Å²) < 4.78 is 5.19. The van der Waals surface area contributed by atoms with Crippen molar-refractivity contribution in [1.82, 2.24) is 0 Å². The maximum Gasteiger partial charge on any atom is 0.317 e. The summed E-state index contributed by atoms with van der Waals surface area (Å²) in [4.78, 5) is 49.0. The Bertz CT molecular complexity index is 599. The van der Waals surface area contributed by atoms with E-state index >= 15 is 0 Å². The second-order valence-electron chi connectivity index (χ2n) is 8.87. The van der Waals surface area contributed by atoms with Crippen LogP contribution in [0.1, 0.15) is 51.4 Å². The molecule has 148 valence electrons. The van der Waals surface area contributed by atoms with Crippen LogP contribution in [0.3, 0.4) is 0 Å². The Kier molecular flexibility index (Phi) is 4.72. The number of ether oxygens (including phenoxy) is 1. The first-order valence-electron chi connectivity index (χ1n) is 10.1. The first-order valence-corrected chi connectivity index (χ1v) is 10.1. The molecule has 0 spiro atoms. The van der Waals surface area contributed by atoms with E-state index in [4.69, 9.17) is 4.74 Å². The maximum atomic E-state index is 12.8. The fourth-order valence-corrected chi connectivity index (χ4v) is 6.52. The number of fused-ring (bicyclic) bond motifs is 6. The van der Waals surface area contributed by atoms with Gasteiger partial charge in [-0.2, -0.15) is 0 Å². The summed E-state index contributed by atoms with van der Waals surface area (Å²) >= 11 is 0. The second-order valence-corrected chi connectivity index (χ2v) is 8.87. The zero-order valence-corrected chi connectivity index (χ0v) is 15.2. The molecular formula is C20H26O7. The highest BCUT2D eigenvalue weighted by molar-refractivity contribution is 5.92. The van der Waals surface area contributed by atoms with Crippen molar-refractivity contribution >= 4 is 23.9 Å². The molecule has 0 radical (unpaired) electrons. The van der Waals surface area contributed by atoms with Crippen molar-refractivity contribution in [3.8, 4) is 0 Å². The van der Waals surface area contributed by atoms with Crippen molar-refractivity contribution in [2.75, 3.05) is 0 Å². The topological polar surface area (TPSA) is 118 Å². The lowest BCUT2D eigenvalue weighted by Gasteiger charge is -2.46. The smallest absolute Gasteiger partial charge is 0.317 e. The molecule has 7 nitrogen and oxygen atoms in total. The van der Waals surface area contributed by atoms with Crippen LogP contribution >= 0.6 is 0 Å². The lowest BCUT2D eigenvalue weighted by molar-refractivity contribution is -0.184. The molecule has 4 bridgehead atoms. The van der Waals surface area contributed by atoms with Crippen molar-refractivity contribution in [1.29, 1.82) is 0 Å². The number of hydrogen-bond acceptors (Lipinski definition) is 5. The van der Waals surface area contributed by atoms with Gasteiger partial charge in [0, 0.05) is 0 Å². The molecule has 0 aromatic carbocycles. The maximum absolute atomic E-state index is 12.8. The van der Waals surface area contributed by atoms with E-state index < -0.39 is 47.5 Å². The minimum Gasteiger partial charge on any atom is -0.481 e. The SMILES string of the molecule is O=C(O)C1C2CCC(CC2)C1C(=O)OC(=O)C1C2CCC(CC2)C1C(=O)O. The molecule has 0 amide bonds. The van der Waals surface area contributed by atoms with E-state index in [1.807, 2.05) is 0 Å². The van der Waals surface area contributed by atoms with Gasteiger partial charge in [-0.25, -0.2) is 0 Å². The minimum absolute atomic E-state index is 0.0439. The molecule has 0 aromatic heterocycles. The highest BCUT2D eigenvalue weighted by Gasteiger charge is 2.54. The third-order valence-electron chi connectivity index (χ3n) is 7.75. The van der Waals surface area contributed by atoms with Gasteiger partial charge in [0.25, 0.3) is 0 Å². The summed E-state index contributed by atoms with van der Waals surface area (Å²) in [5, 5.41) is 19.2. The standard InChI is InChI=1S/C20H26O7/c21-17(22)13-9-1-5-11(6-2-9)15(13)19(25)27-20(26)16-12-7-3-10(4-8-12)14(16)18(23)24/h9-16H,1-8H2,(H,21,22)(H,23,24). The Labute approximate surface area is 157 Å². The van der Waals surface area contributed by atoms with Crippen LogP contribution in [0.5, 0.6) is 0 Å². The molecule has 6 aliphatic carbocycles. The third-order valence-corrected chi connectivity index (χ3v) is 7.75. The van der Waals surface area contributed by atoms with Gasteiger partial charge in [-0.05, 0) is 75.0 Å². The Morgan fingerprint density at radius 3 is 1.04 bits per heavy atom. The monoisotopic (exact) mass is 378 g/mol. The summed E-state index contributed by atoms with van der Waals surface area (Å²) in [6.07, 6.45) is 6.34. The van der Waals surface area contributed by atoms with E-state index in [-0.39, 0.29) is 23.7 Å². The van der Waals surface area contributed by atoms with Crippen LogP contribution in [0.4, 0.5) is 0 Å². The minimum atomic E-state index is -1.00. The second kappa shape index (κ2) is 6.91. The van der Waals surface area contributed by atoms with Crippen LogP contribution in [0, 0.1) is 47.3 Å². The summed E-state index contributed by atoms with van der Waals surface area (Å²) in [6.45, 7) is 0. The predicted octanol–water partition coefficient (Wildman–Crippen LogP) is 2.33. The Morgan fingerprint density at radius 1 is 0.519 bits per heavy atom. The first-order chi connectivity index (χ1) is 12.9. The molecule has 4 unspecified atom stereocenters. The zero-order valence-electron chi connectivity index (χ0n) is 15.2. The van der Waals surface area contributed by atoms with E-state index in [9.17, 15) is 29.4 Å². The van der Waals surface area contributed by atoms with Crippen LogP contribution in [-0.2, 0) is 23.9 Å². The summed E-state index contributed by atoms with van der Waals surface area (Å²) in [5.41, 5.74) is 0. The molecule has 6 fully saturated rings. The van der Waals surface area contributed by atoms with Crippen molar-refractivity contribution in [3.63, 3.8) is 0 Å². The molecule has 0 aromatic rings. The average Bonchev–Trinajstić information content (AvgIpc) is 2.67. The molecule has 0 saturated heterocycles. The molecule has 6 aliphatic rings. The number of rotatable bonds is 4. The highest BCUT2D eigenvalue weighted by Crippen LogP contribution is 2.51. The molecule has 6 rings (SSSR count). The van der Waals surface area contributed by atoms with Crippen molar-refractivity contribution in [2.24, 2.45) is 47.3 Å². The number of esters is 2. The number of aliphatic carboxylic acids is 2. The third kappa shape index (κ3) is 3.05.